The van der Waals surface area contributed by atoms with Crippen LogP contribution in [0.15, 0.2) is 16.6 Å². The summed E-state index contributed by atoms with van der Waals surface area (Å²) in [5, 5.41) is 0. The Morgan fingerprint density at radius 2 is 2.15 bits per heavy atom. The average molecular weight is 267 g/mol. The van der Waals surface area contributed by atoms with Gasteiger partial charge in [-0.2, -0.15) is 0 Å². The minimum atomic E-state index is -0.192. The first-order chi connectivity index (χ1) is 5.68. The lowest BCUT2D eigenvalue weighted by Crippen LogP contribution is -2.05. The van der Waals surface area contributed by atoms with E-state index in [0.29, 0.717) is 4.47 Å². The minimum absolute atomic E-state index is 0. The maximum atomic E-state index is 13.0. The van der Waals surface area contributed by atoms with Crippen molar-refractivity contribution in [2.75, 3.05) is 0 Å². The second-order valence-electron chi connectivity index (χ2n) is 3.11. The molecule has 1 nitrogen and oxygen atoms in total. The average Bonchev–Trinajstić information content (AvgIpc) is 2.35. The van der Waals surface area contributed by atoms with Gasteiger partial charge in [-0.3, -0.25) is 0 Å². The van der Waals surface area contributed by atoms with E-state index in [-0.39, 0.29) is 24.3 Å². The molecule has 1 aliphatic carbocycles. The molecule has 0 heterocycles. The number of hydrogen-bond donors (Lipinski definition) is 1. The van der Waals surface area contributed by atoms with Gasteiger partial charge >= 0.3 is 0 Å². The molecule has 2 rings (SSSR count). The molecule has 4 heteroatoms. The van der Waals surface area contributed by atoms with Crippen LogP contribution >= 0.6 is 28.3 Å². The van der Waals surface area contributed by atoms with Crippen molar-refractivity contribution in [2.24, 2.45) is 5.73 Å². The molecule has 0 bridgehead atoms. The summed E-state index contributed by atoms with van der Waals surface area (Å²) in [4.78, 5) is 0. The zero-order chi connectivity index (χ0) is 8.72. The Hall–Kier alpha value is -0.120. The van der Waals surface area contributed by atoms with E-state index in [1.165, 1.54) is 0 Å². The molecular weight excluding hydrogens is 256 g/mol. The predicted molar refractivity (Wildman–Crippen MR) is 56.6 cm³/mol. The molecule has 2 N–H and O–H groups in total. The van der Waals surface area contributed by atoms with E-state index in [0.717, 1.165) is 24.0 Å². The van der Waals surface area contributed by atoms with E-state index in [1.54, 1.807) is 12.1 Å². The topological polar surface area (TPSA) is 26.0 Å². The van der Waals surface area contributed by atoms with Crippen LogP contribution in [0, 0.1) is 5.82 Å². The fraction of sp³-hybridized carbons (Fsp3) is 0.333. The van der Waals surface area contributed by atoms with Crippen LogP contribution < -0.4 is 5.73 Å². The molecule has 0 saturated heterocycles. The summed E-state index contributed by atoms with van der Waals surface area (Å²) in [6.07, 6.45) is 1.84. The van der Waals surface area contributed by atoms with E-state index in [9.17, 15) is 4.39 Å². The quantitative estimate of drug-likeness (QED) is 0.768. The van der Waals surface area contributed by atoms with Crippen molar-refractivity contribution in [3.8, 4) is 0 Å². The summed E-state index contributed by atoms with van der Waals surface area (Å²) in [6.45, 7) is 0. The second kappa shape index (κ2) is 3.95. The van der Waals surface area contributed by atoms with Crippen molar-refractivity contribution in [1.29, 1.82) is 0 Å². The normalized spacial score (nSPS) is 19.5. The van der Waals surface area contributed by atoms with Gasteiger partial charge in [-0.25, -0.2) is 4.39 Å². The molecule has 0 aliphatic heterocycles. The molecule has 1 aliphatic rings. The van der Waals surface area contributed by atoms with Crippen LogP contribution in [0.3, 0.4) is 0 Å². The molecule has 13 heavy (non-hydrogen) atoms. The fourth-order valence-corrected chi connectivity index (χ4v) is 1.99. The number of halogens is 3. The summed E-state index contributed by atoms with van der Waals surface area (Å²) in [5.74, 6) is -0.192. The molecule has 0 spiro atoms. The number of hydrogen-bond acceptors (Lipinski definition) is 1. The van der Waals surface area contributed by atoms with Gasteiger partial charge < -0.3 is 5.73 Å². The summed E-state index contributed by atoms with van der Waals surface area (Å²) >= 11 is 3.15. The highest BCUT2D eigenvalue weighted by molar-refractivity contribution is 9.10. The predicted octanol–water partition coefficient (Wildman–Crippen LogP) is 2.96. The molecule has 0 radical (unpaired) electrons. The van der Waals surface area contributed by atoms with Crippen molar-refractivity contribution in [3.05, 3.63) is 33.5 Å². The van der Waals surface area contributed by atoms with Gasteiger partial charge in [-0.15, -0.1) is 12.4 Å². The maximum Gasteiger partial charge on any atom is 0.137 e. The molecule has 0 aromatic heterocycles. The van der Waals surface area contributed by atoms with E-state index in [2.05, 4.69) is 15.9 Å². The van der Waals surface area contributed by atoms with Gasteiger partial charge in [0, 0.05) is 6.04 Å². The molecule has 0 amide bonds. The van der Waals surface area contributed by atoms with Crippen LogP contribution in [0.25, 0.3) is 0 Å². The van der Waals surface area contributed by atoms with E-state index < -0.39 is 0 Å². The van der Waals surface area contributed by atoms with Crippen LogP contribution in [-0.4, -0.2) is 0 Å². The minimum Gasteiger partial charge on any atom is -0.324 e. The van der Waals surface area contributed by atoms with Crippen molar-refractivity contribution in [1.82, 2.24) is 0 Å². The van der Waals surface area contributed by atoms with Gasteiger partial charge in [-0.05, 0) is 52.0 Å². The third-order valence-electron chi connectivity index (χ3n) is 2.31. The number of fused-ring (bicyclic) bond motifs is 1. The summed E-state index contributed by atoms with van der Waals surface area (Å²) in [5.41, 5.74) is 7.97. The highest BCUT2D eigenvalue weighted by atomic mass is 79.9. The Morgan fingerprint density at radius 1 is 1.46 bits per heavy atom. The van der Waals surface area contributed by atoms with Crippen LogP contribution in [0.5, 0.6) is 0 Å². The van der Waals surface area contributed by atoms with Gasteiger partial charge in [0.05, 0.1) is 4.47 Å². The van der Waals surface area contributed by atoms with Crippen molar-refractivity contribution < 1.29 is 4.39 Å². The molecule has 1 aromatic carbocycles. The second-order valence-corrected chi connectivity index (χ2v) is 3.96. The van der Waals surface area contributed by atoms with E-state index >= 15 is 0 Å². The van der Waals surface area contributed by atoms with E-state index in [1.807, 2.05) is 0 Å². The Morgan fingerprint density at radius 3 is 2.85 bits per heavy atom. The molecule has 1 atom stereocenters. The molecular formula is C9H10BrClFN. The Labute approximate surface area is 91.0 Å². The molecule has 0 unspecified atom stereocenters. The lowest BCUT2D eigenvalue weighted by molar-refractivity contribution is 0.619. The van der Waals surface area contributed by atoms with Gasteiger partial charge in [0.1, 0.15) is 5.82 Å². The first-order valence-corrected chi connectivity index (χ1v) is 4.71. The van der Waals surface area contributed by atoms with E-state index in [4.69, 9.17) is 5.73 Å². The fourth-order valence-electron chi connectivity index (χ4n) is 1.63. The molecule has 1 aromatic rings. The van der Waals surface area contributed by atoms with Crippen molar-refractivity contribution >= 4 is 28.3 Å². The lowest BCUT2D eigenvalue weighted by Gasteiger charge is -2.05. The highest BCUT2D eigenvalue weighted by Crippen LogP contribution is 2.32. The third kappa shape index (κ3) is 1.87. The number of benzene rings is 1. The zero-order valence-electron chi connectivity index (χ0n) is 6.89. The monoisotopic (exact) mass is 265 g/mol. The van der Waals surface area contributed by atoms with Crippen molar-refractivity contribution in [2.45, 2.75) is 18.9 Å². The summed E-state index contributed by atoms with van der Waals surface area (Å²) in [7, 11) is 0. The maximum absolute atomic E-state index is 13.0. The Bertz CT molecular complexity index is 330. The van der Waals surface area contributed by atoms with Crippen LogP contribution in [-0.2, 0) is 6.42 Å². The van der Waals surface area contributed by atoms with Gasteiger partial charge in [-0.1, -0.05) is 0 Å². The Balaban J connectivity index is 0.000000845. The smallest absolute Gasteiger partial charge is 0.137 e. The molecule has 0 saturated carbocycles. The van der Waals surface area contributed by atoms with Crippen LogP contribution in [0.1, 0.15) is 23.6 Å². The number of rotatable bonds is 0. The summed E-state index contributed by atoms with van der Waals surface area (Å²) < 4.78 is 13.5. The SMILES string of the molecule is Cl.N[C@H]1CCc2cc(F)c(Br)cc21. The number of nitrogens with two attached hydrogens (primary N) is 1. The first kappa shape index (κ1) is 11.0. The van der Waals surface area contributed by atoms with Crippen LogP contribution in [0.2, 0.25) is 0 Å². The zero-order valence-corrected chi connectivity index (χ0v) is 9.29. The van der Waals surface area contributed by atoms with Gasteiger partial charge in [0.2, 0.25) is 0 Å². The van der Waals surface area contributed by atoms with Crippen LogP contribution in [0.4, 0.5) is 4.39 Å². The van der Waals surface area contributed by atoms with Gasteiger partial charge in [0.15, 0.2) is 0 Å². The van der Waals surface area contributed by atoms with Gasteiger partial charge in [0.25, 0.3) is 0 Å². The largest absolute Gasteiger partial charge is 0.324 e. The third-order valence-corrected chi connectivity index (χ3v) is 2.91. The molecule has 72 valence electrons. The Kier molecular flexibility index (Phi) is 3.33. The first-order valence-electron chi connectivity index (χ1n) is 3.92. The lowest BCUT2D eigenvalue weighted by atomic mass is 10.1. The summed E-state index contributed by atoms with van der Waals surface area (Å²) in [6, 6.07) is 3.46. The number of aryl methyl sites for hydroxylation is 1. The standard InChI is InChI=1S/C9H9BrFN.ClH/c10-7-4-6-5(3-8(7)11)1-2-9(6)12;/h3-4,9H,1-2,12H2;1H/t9-;/m0./s1. The van der Waals surface area contributed by atoms with Crippen molar-refractivity contribution in [3.63, 3.8) is 0 Å². The highest BCUT2D eigenvalue weighted by Gasteiger charge is 2.20. The molecule has 0 fully saturated rings.